The topological polar surface area (TPSA) is 294 Å². The van der Waals surface area contributed by atoms with E-state index in [0.29, 0.717) is 10.9 Å². The fourth-order valence-electron chi connectivity index (χ4n) is 2.04. The highest BCUT2D eigenvalue weighted by Crippen LogP contribution is 2.17. The molecule has 0 aromatic carbocycles. The first-order valence-corrected chi connectivity index (χ1v) is 15.9. The third-order valence-electron chi connectivity index (χ3n) is 3.48. The summed E-state index contributed by atoms with van der Waals surface area (Å²) >= 11 is 26.2. The highest BCUT2D eigenvalue weighted by atomic mass is 32.2. The number of hydrogen-bond acceptors (Lipinski definition) is 13. The van der Waals surface area contributed by atoms with Crippen molar-refractivity contribution in [3.05, 3.63) is 0 Å². The smallest absolute Gasteiger partial charge is 0.419 e. The average molecular weight is 782 g/mol. The molecule has 0 aromatic heterocycles. The van der Waals surface area contributed by atoms with Crippen molar-refractivity contribution >= 4 is 149 Å². The van der Waals surface area contributed by atoms with Crippen LogP contribution in [0.1, 0.15) is 57.8 Å². The Bertz CT molecular complexity index is 791. The van der Waals surface area contributed by atoms with E-state index in [1.165, 1.54) is 44.9 Å². The van der Waals surface area contributed by atoms with Crippen molar-refractivity contribution in [2.45, 2.75) is 57.8 Å². The van der Waals surface area contributed by atoms with Crippen molar-refractivity contribution in [3.63, 3.8) is 0 Å². The number of amides is 3. The van der Waals surface area contributed by atoms with Gasteiger partial charge < -0.3 is 61.9 Å². The van der Waals surface area contributed by atoms with Crippen LogP contribution < -0.4 is 34.0 Å². The maximum absolute atomic E-state index is 10.7. The maximum Gasteiger partial charge on any atom is 0.419 e. The van der Waals surface area contributed by atoms with Crippen LogP contribution in [0.4, 0.5) is 14.4 Å². The van der Waals surface area contributed by atoms with E-state index in [1.807, 2.05) is 0 Å². The zero-order valence-electron chi connectivity index (χ0n) is 23.7. The Kier molecular flexibility index (Phi) is 56.1. The Morgan fingerprint density at radius 2 is 0.955 bits per heavy atom. The van der Waals surface area contributed by atoms with Gasteiger partial charge in [-0.15, -0.1) is 10.5 Å². The van der Waals surface area contributed by atoms with E-state index in [2.05, 4.69) is 139 Å². The van der Waals surface area contributed by atoms with Crippen LogP contribution in [0.25, 0.3) is 0 Å². The Balaban J connectivity index is -0.000000132. The lowest BCUT2D eigenvalue weighted by Gasteiger charge is -2.05. The molecule has 260 valence electrons. The lowest BCUT2D eigenvalue weighted by Crippen LogP contribution is -2.22. The number of aliphatic hydroxyl groups excluding tert-OH is 3. The Labute approximate surface area is 298 Å². The van der Waals surface area contributed by atoms with E-state index < -0.39 is 33.8 Å². The van der Waals surface area contributed by atoms with Crippen molar-refractivity contribution in [2.75, 3.05) is 12.3 Å². The van der Waals surface area contributed by atoms with Crippen molar-refractivity contribution in [1.82, 2.24) is 5.32 Å². The third kappa shape index (κ3) is 97.4. The number of thiocarbonyl (C=S) groups is 4. The molecule has 0 spiro atoms. The Morgan fingerprint density at radius 3 is 1.20 bits per heavy atom. The quantitative estimate of drug-likeness (QED) is 0.0333. The zero-order valence-corrected chi connectivity index (χ0v) is 30.5. The van der Waals surface area contributed by atoms with Crippen molar-refractivity contribution in [3.8, 4) is 0 Å². The van der Waals surface area contributed by atoms with Gasteiger partial charge in [0.2, 0.25) is 0 Å². The summed E-state index contributed by atoms with van der Waals surface area (Å²) in [7, 11) is -0.124. The number of primary amides is 2. The van der Waals surface area contributed by atoms with Crippen LogP contribution in [-0.4, -0.2) is 78.3 Å². The summed E-state index contributed by atoms with van der Waals surface area (Å²) in [5.74, 6) is 5.06. The first-order valence-electron chi connectivity index (χ1n) is 11.6. The zero-order chi connectivity index (χ0) is 35.9. The second-order valence-corrected chi connectivity index (χ2v) is 11.2. The van der Waals surface area contributed by atoms with Crippen LogP contribution in [0.15, 0.2) is 4.99 Å². The number of nitrogens with zero attached hydrogens (tertiary/aromatic N) is 1. The summed E-state index contributed by atoms with van der Waals surface area (Å²) < 4.78 is 12.0. The summed E-state index contributed by atoms with van der Waals surface area (Å²) in [5.41, 5.74) is 21.9. The first-order chi connectivity index (χ1) is 20.3. The molecule has 24 heteroatoms. The van der Waals surface area contributed by atoms with Crippen LogP contribution >= 0.6 is 98.1 Å². The minimum absolute atomic E-state index is 0.124. The lowest BCUT2D eigenvalue weighted by atomic mass is 10.1. The molecule has 0 radical (unpaired) electrons. The Morgan fingerprint density at radius 1 is 0.682 bits per heavy atom. The molecule has 0 saturated carbocycles. The number of carbonyl (C=O) groups excluding carboxylic acids is 3. The summed E-state index contributed by atoms with van der Waals surface area (Å²) in [5, 5.41) is 23.8. The number of unbranched alkanes of at least 4 members (excludes halogenated alkanes) is 8. The first kappa shape index (κ1) is 54.4. The molecule has 16 nitrogen and oxygen atoms in total. The second kappa shape index (κ2) is 45.3. The SMILES string of the molecule is C=NC(=S)S(=C)CCCCCCCCCCCNC(=O)OS.NC(=O)OS.NC(=O)OS.NC(O)=S.NC(O)=S.NC(O)=S. The number of rotatable bonds is 12. The molecular formula is C20H43N7O9S8. The van der Waals surface area contributed by atoms with Crippen molar-refractivity contribution < 1.29 is 42.3 Å². The highest BCUT2D eigenvalue weighted by molar-refractivity contribution is 8.33. The van der Waals surface area contributed by atoms with Gasteiger partial charge in [-0.2, -0.15) is 0 Å². The molecule has 0 aromatic rings. The van der Waals surface area contributed by atoms with Crippen LogP contribution in [0.5, 0.6) is 0 Å². The van der Waals surface area contributed by atoms with Gasteiger partial charge in [0.25, 0.3) is 15.5 Å². The van der Waals surface area contributed by atoms with Gasteiger partial charge in [-0.1, -0.05) is 63.0 Å². The number of aliphatic hydroxyl groups is 3. The minimum atomic E-state index is -0.881. The molecule has 0 heterocycles. The van der Waals surface area contributed by atoms with Gasteiger partial charge in [-0.05, 0) is 62.0 Å². The normalized spacial score (nSPS) is 8.98. The van der Waals surface area contributed by atoms with Crippen LogP contribution in [-0.2, 0) is 12.5 Å². The fraction of sp³-hybridized carbons (Fsp3) is 0.550. The number of hydrogen-bond donors (Lipinski definition) is 12. The van der Waals surface area contributed by atoms with Crippen LogP contribution in [0, 0.1) is 0 Å². The average Bonchev–Trinajstić information content (AvgIpc) is 2.92. The monoisotopic (exact) mass is 781 g/mol. The summed E-state index contributed by atoms with van der Waals surface area (Å²) in [6.45, 7) is 4.11. The Hall–Kier alpha value is -2.09. The molecule has 1 atom stereocenters. The molecule has 1 unspecified atom stereocenters. The van der Waals surface area contributed by atoms with Gasteiger partial charge in [-0.25, -0.2) is 19.4 Å². The van der Waals surface area contributed by atoms with E-state index in [4.69, 9.17) is 27.5 Å². The maximum atomic E-state index is 10.7. The number of nitrogens with two attached hydrogens (primary N) is 5. The van der Waals surface area contributed by atoms with Gasteiger partial charge >= 0.3 is 18.3 Å². The van der Waals surface area contributed by atoms with E-state index >= 15 is 0 Å². The standard InChI is InChI=1S/C15H28N2O2S3.2CH3NO2S.3CH3NOS/c1-16-15(20)22(2)13-11-9-7-5-3-4-6-8-10-12-17-14(18)19-21;2*2-1(3)4-5;3*2-1(3)4/h21H,1-13H2,(H,17,18);2*5H,(H2,2,3);3*(H3,2,3,4). The van der Waals surface area contributed by atoms with E-state index in [9.17, 15) is 14.4 Å². The molecule has 0 rings (SSSR count). The molecule has 44 heavy (non-hydrogen) atoms. The van der Waals surface area contributed by atoms with E-state index in [0.717, 1.165) is 18.6 Å². The minimum Gasteiger partial charge on any atom is -0.487 e. The van der Waals surface area contributed by atoms with Gasteiger partial charge in [0, 0.05) is 45.3 Å². The lowest BCUT2D eigenvalue weighted by molar-refractivity contribution is 0.209. The van der Waals surface area contributed by atoms with Crippen molar-refractivity contribution in [2.24, 2.45) is 33.7 Å². The van der Waals surface area contributed by atoms with Gasteiger partial charge in [0.05, 0.1) is 0 Å². The predicted molar refractivity (Wildman–Crippen MR) is 204 cm³/mol. The molecule has 0 aliphatic carbocycles. The molecule has 0 fully saturated rings. The summed E-state index contributed by atoms with van der Waals surface area (Å²) in [4.78, 5) is 33.1. The van der Waals surface area contributed by atoms with Gasteiger partial charge in [0.1, 0.15) is 0 Å². The second-order valence-electron chi connectivity index (χ2n) is 6.94. The highest BCUT2D eigenvalue weighted by Gasteiger charge is 1.99. The molecule has 0 aliphatic rings. The number of carbonyl (C=O) groups is 3. The molecule has 14 N–H and O–H groups in total. The third-order valence-corrected chi connectivity index (χ3v) is 6.24. The van der Waals surface area contributed by atoms with Crippen LogP contribution in [0.2, 0.25) is 0 Å². The largest absolute Gasteiger partial charge is 0.487 e. The van der Waals surface area contributed by atoms with Gasteiger partial charge in [0.15, 0.2) is 4.32 Å². The molecule has 0 saturated heterocycles. The van der Waals surface area contributed by atoms with E-state index in [1.54, 1.807) is 0 Å². The van der Waals surface area contributed by atoms with E-state index in [-0.39, 0.29) is 10.5 Å². The molecule has 0 aliphatic heterocycles. The van der Waals surface area contributed by atoms with Crippen LogP contribution in [0.3, 0.4) is 0 Å². The fourth-order valence-corrected chi connectivity index (χ4v) is 3.26. The molecule has 3 amide bonds. The summed E-state index contributed by atoms with van der Waals surface area (Å²) in [6, 6.07) is 0. The van der Waals surface area contributed by atoms with Crippen molar-refractivity contribution in [1.29, 1.82) is 0 Å². The van der Waals surface area contributed by atoms with Gasteiger partial charge in [-0.3, -0.25) is 0 Å². The summed E-state index contributed by atoms with van der Waals surface area (Å²) in [6.07, 6.45) is 8.66. The predicted octanol–water partition coefficient (Wildman–Crippen LogP) is 3.97. The molecule has 0 bridgehead atoms. The molecular weight excluding hydrogens is 739 g/mol. The number of aliphatic imine (C=N–C) groups is 1. The number of nitrogens with one attached hydrogen (secondary N) is 1. The number of thiol groups is 3.